The number of hydrogen-bond acceptors (Lipinski definition) is 11. The van der Waals surface area contributed by atoms with Gasteiger partial charge in [-0.15, -0.1) is 5.10 Å². The van der Waals surface area contributed by atoms with Gasteiger partial charge in [0.15, 0.2) is 0 Å². The van der Waals surface area contributed by atoms with Crippen LogP contribution < -0.4 is 19.1 Å². The molecular weight excluding hydrogens is 753 g/mol. The summed E-state index contributed by atoms with van der Waals surface area (Å²) in [6, 6.07) is 11.1. The lowest BCUT2D eigenvalue weighted by Gasteiger charge is -2.33. The molecule has 2 aromatic carbocycles. The minimum absolute atomic E-state index is 0.0467. The fourth-order valence-electron chi connectivity index (χ4n) is 7.17. The molecule has 0 aliphatic carbocycles. The van der Waals surface area contributed by atoms with Gasteiger partial charge in [0.05, 0.1) is 37.3 Å². The summed E-state index contributed by atoms with van der Waals surface area (Å²) in [4.78, 5) is 27.7. The van der Waals surface area contributed by atoms with Crippen molar-refractivity contribution < 1.29 is 41.9 Å². The number of nitrogens with zero attached hydrogens (tertiary/aromatic N) is 3. The van der Waals surface area contributed by atoms with E-state index in [0.29, 0.717) is 49.1 Å². The summed E-state index contributed by atoms with van der Waals surface area (Å²) in [6.45, 7) is 5.35. The van der Waals surface area contributed by atoms with Crippen molar-refractivity contribution >= 4 is 39.1 Å². The predicted octanol–water partition coefficient (Wildman–Crippen LogP) is 6.67. The first-order valence-electron chi connectivity index (χ1n) is 18.2. The molecule has 0 radical (unpaired) electrons. The van der Waals surface area contributed by atoms with Gasteiger partial charge >= 0.3 is 5.97 Å². The third-order valence-electron chi connectivity index (χ3n) is 9.87. The third-order valence-corrected chi connectivity index (χ3v) is 11.8. The Morgan fingerprint density at radius 3 is 2.69 bits per heavy atom. The SMILES string of the molecule is COC(=O)c1ccc2c(c1)N(C[C@@H]1CCO[C@H]1C(OC)/C(F)=C/CC(C)(C)CS(=N)(=O)NC(=O)c1cn(C)nc1OC)CCCCc1cc(Cl)ccc1CO2. The van der Waals surface area contributed by atoms with E-state index in [9.17, 15) is 13.8 Å². The van der Waals surface area contributed by atoms with E-state index >= 15 is 4.39 Å². The summed E-state index contributed by atoms with van der Waals surface area (Å²) in [5, 5.41) is 4.70. The van der Waals surface area contributed by atoms with Crippen LogP contribution in [-0.4, -0.2) is 84.9 Å². The van der Waals surface area contributed by atoms with Crippen LogP contribution in [0.4, 0.5) is 10.1 Å². The number of hydrogen-bond donors (Lipinski definition) is 2. The predicted molar refractivity (Wildman–Crippen MR) is 208 cm³/mol. The quantitative estimate of drug-likeness (QED) is 0.179. The zero-order valence-corrected chi connectivity index (χ0v) is 33.8. The smallest absolute Gasteiger partial charge is 0.337 e. The fourth-order valence-corrected chi connectivity index (χ4v) is 9.06. The number of amides is 1. The Bertz CT molecular complexity index is 1990. The Morgan fingerprint density at radius 2 is 1.96 bits per heavy atom. The molecule has 16 heteroatoms. The number of fused-ring (bicyclic) bond motifs is 2. The second kappa shape index (κ2) is 18.2. The number of aromatic nitrogens is 2. The fraction of sp³-hybridized carbons (Fsp3) is 0.513. The molecule has 1 saturated heterocycles. The number of anilines is 1. The summed E-state index contributed by atoms with van der Waals surface area (Å²) < 4.78 is 69.9. The third kappa shape index (κ3) is 10.8. The molecular formula is C39H51ClFN5O8S. The van der Waals surface area contributed by atoms with Crippen LogP contribution in [-0.2, 0) is 44.2 Å². The molecule has 3 heterocycles. The maximum atomic E-state index is 16.1. The van der Waals surface area contributed by atoms with Gasteiger partial charge < -0.3 is 28.6 Å². The summed E-state index contributed by atoms with van der Waals surface area (Å²) in [5.41, 5.74) is 2.49. The number of allylic oxidation sites excluding steroid dienone is 1. The van der Waals surface area contributed by atoms with Crippen molar-refractivity contribution in [1.82, 2.24) is 14.5 Å². The number of halogens is 2. The number of aryl methyl sites for hydroxylation is 2. The molecule has 300 valence electrons. The van der Waals surface area contributed by atoms with E-state index in [1.807, 2.05) is 18.2 Å². The van der Waals surface area contributed by atoms with Gasteiger partial charge in [0.2, 0.25) is 5.88 Å². The number of carbonyl (C=O) groups excluding carboxylic acids is 2. The molecule has 1 aromatic heterocycles. The molecule has 2 N–H and O–H groups in total. The van der Waals surface area contributed by atoms with Crippen molar-refractivity contribution in [2.45, 2.75) is 64.8 Å². The second-order valence-corrected chi connectivity index (χ2v) is 17.0. The van der Waals surface area contributed by atoms with E-state index < -0.39 is 45.2 Å². The Balaban J connectivity index is 1.32. The first-order valence-corrected chi connectivity index (χ1v) is 20.3. The van der Waals surface area contributed by atoms with E-state index in [-0.39, 0.29) is 29.5 Å². The van der Waals surface area contributed by atoms with E-state index in [2.05, 4.69) is 14.7 Å². The molecule has 55 heavy (non-hydrogen) atoms. The summed E-state index contributed by atoms with van der Waals surface area (Å²) in [5.74, 6) is -1.50. The van der Waals surface area contributed by atoms with Gasteiger partial charge in [0.1, 0.15) is 39.8 Å². The van der Waals surface area contributed by atoms with E-state index in [4.69, 9.17) is 40.1 Å². The van der Waals surface area contributed by atoms with E-state index in [1.165, 1.54) is 38.3 Å². The maximum absolute atomic E-state index is 16.1. The lowest BCUT2D eigenvalue weighted by molar-refractivity contribution is -0.0322. The molecule has 1 fully saturated rings. The highest BCUT2D eigenvalue weighted by molar-refractivity contribution is 7.91. The zero-order chi connectivity index (χ0) is 39.9. The van der Waals surface area contributed by atoms with E-state index in [1.54, 1.807) is 39.1 Å². The van der Waals surface area contributed by atoms with Crippen molar-refractivity contribution in [3.63, 3.8) is 0 Å². The Kier molecular flexibility index (Phi) is 13.9. The molecule has 13 nitrogen and oxygen atoms in total. The van der Waals surface area contributed by atoms with E-state index in [0.717, 1.165) is 36.1 Å². The van der Waals surface area contributed by atoms with Crippen LogP contribution in [0.1, 0.15) is 71.4 Å². The summed E-state index contributed by atoms with van der Waals surface area (Å²) in [6.07, 6.45) is 4.45. The highest BCUT2D eigenvalue weighted by Crippen LogP contribution is 2.37. The monoisotopic (exact) mass is 803 g/mol. The number of nitrogens with one attached hydrogen (secondary N) is 2. The normalized spacial score (nSPS) is 19.6. The van der Waals surface area contributed by atoms with Crippen molar-refractivity contribution in [1.29, 1.82) is 4.78 Å². The average Bonchev–Trinajstić information content (AvgIpc) is 3.76. The van der Waals surface area contributed by atoms with Gasteiger partial charge in [-0.1, -0.05) is 31.5 Å². The Labute approximate surface area is 327 Å². The first kappa shape index (κ1) is 42.0. The van der Waals surface area contributed by atoms with Crippen LogP contribution in [0.2, 0.25) is 5.02 Å². The van der Waals surface area contributed by atoms with Crippen LogP contribution in [0.15, 0.2) is 54.5 Å². The first-order chi connectivity index (χ1) is 26.1. The van der Waals surface area contributed by atoms with Gasteiger partial charge in [-0.3, -0.25) is 14.2 Å². The Morgan fingerprint density at radius 1 is 1.18 bits per heavy atom. The van der Waals surface area contributed by atoms with Gasteiger partial charge in [-0.2, -0.15) is 0 Å². The minimum Gasteiger partial charge on any atom is -0.487 e. The minimum atomic E-state index is -3.63. The Hall–Kier alpha value is -4.18. The van der Waals surface area contributed by atoms with Gasteiger partial charge in [-0.25, -0.2) is 18.2 Å². The summed E-state index contributed by atoms with van der Waals surface area (Å²) >= 11 is 6.34. The lowest BCUT2D eigenvalue weighted by atomic mass is 9.90. The van der Waals surface area contributed by atoms with Crippen molar-refractivity contribution in [3.05, 3.63) is 81.8 Å². The molecule has 1 amide bonds. The van der Waals surface area contributed by atoms with Crippen LogP contribution in [0.25, 0.3) is 0 Å². The highest BCUT2D eigenvalue weighted by atomic mass is 35.5. The molecule has 0 saturated carbocycles. The van der Waals surface area contributed by atoms with Gasteiger partial charge in [-0.05, 0) is 85.1 Å². The van der Waals surface area contributed by atoms with Crippen molar-refractivity contribution in [3.8, 4) is 11.6 Å². The van der Waals surface area contributed by atoms with Crippen molar-refractivity contribution in [2.75, 3.05) is 51.7 Å². The number of ether oxygens (including phenoxy) is 5. The number of benzene rings is 2. The molecule has 2 aliphatic rings. The van der Waals surface area contributed by atoms with Crippen molar-refractivity contribution in [2.24, 2.45) is 18.4 Å². The molecule has 5 rings (SSSR count). The highest BCUT2D eigenvalue weighted by Gasteiger charge is 2.39. The van der Waals surface area contributed by atoms with Gasteiger partial charge in [0, 0.05) is 51.0 Å². The summed E-state index contributed by atoms with van der Waals surface area (Å²) in [7, 11) is 2.11. The van der Waals surface area contributed by atoms with Crippen LogP contribution in [0.5, 0.6) is 11.6 Å². The average molecular weight is 804 g/mol. The van der Waals surface area contributed by atoms with Crippen LogP contribution >= 0.6 is 11.6 Å². The van der Waals surface area contributed by atoms with Gasteiger partial charge in [0.25, 0.3) is 5.91 Å². The molecule has 0 bridgehead atoms. The standard InChI is InChI=1S/C39H51ClFN5O8S/c1-39(2,24-55(42,49)44-36(47)30-22-45(3)43-37(30)51-5)16-14-31(41)35(50-4)34-27(15-18-53-34)21-46-17-8-7-9-25-19-29(40)12-10-28(25)23-54-33-13-11-26(20-32(33)46)38(48)52-6/h10-14,19-20,22,27,34-35H,7-9,15-18,21,23-24H2,1-6H3,(H2,42,44,47,49)/b31-14-/t27-,34+,35?,55?/m0/s1. The molecule has 4 atom stereocenters. The number of esters is 1. The number of carbonyl (C=O) groups is 2. The lowest BCUT2D eigenvalue weighted by Crippen LogP contribution is -2.40. The zero-order valence-electron chi connectivity index (χ0n) is 32.2. The maximum Gasteiger partial charge on any atom is 0.337 e. The topological polar surface area (TPSA) is 154 Å². The second-order valence-electron chi connectivity index (χ2n) is 14.8. The van der Waals surface area contributed by atoms with Crippen LogP contribution in [0, 0.1) is 16.1 Å². The molecule has 2 aliphatic heterocycles. The number of methoxy groups -OCH3 is 3. The molecule has 3 aromatic rings. The van der Waals surface area contributed by atoms with Crippen LogP contribution in [0.3, 0.4) is 0 Å². The number of rotatable bonds is 13. The molecule has 0 spiro atoms. The largest absolute Gasteiger partial charge is 0.487 e. The molecule has 2 unspecified atom stereocenters.